The fraction of sp³-hybridized carbons (Fsp3) is 0.389. The predicted octanol–water partition coefficient (Wildman–Crippen LogP) is 4.36. The zero-order valence-corrected chi connectivity index (χ0v) is 12.5. The van der Waals surface area contributed by atoms with Gasteiger partial charge in [0.15, 0.2) is 0 Å². The lowest BCUT2D eigenvalue weighted by atomic mass is 9.89. The average molecular weight is 282 g/mol. The van der Waals surface area contributed by atoms with Crippen LogP contribution in [0.2, 0.25) is 0 Å². The van der Waals surface area contributed by atoms with Crippen molar-refractivity contribution in [2.24, 2.45) is 0 Å². The zero-order valence-electron chi connectivity index (χ0n) is 12.5. The number of nitrogens with zero attached hydrogens (tertiary/aromatic N) is 1. The molecule has 0 aliphatic heterocycles. The number of aromatic nitrogens is 1. The molecule has 0 amide bonds. The molecule has 3 rings (SSSR count). The highest BCUT2D eigenvalue weighted by atomic mass is 16.5. The van der Waals surface area contributed by atoms with Crippen LogP contribution in [0.4, 0.5) is 5.82 Å². The molecule has 1 aliphatic rings. The monoisotopic (exact) mass is 282 g/mol. The Balaban J connectivity index is 1.75. The van der Waals surface area contributed by atoms with Crippen molar-refractivity contribution in [3.05, 3.63) is 53.7 Å². The number of ether oxygens (including phenoxy) is 1. The van der Waals surface area contributed by atoms with Gasteiger partial charge in [0.25, 0.3) is 0 Å². The van der Waals surface area contributed by atoms with Gasteiger partial charge in [0.1, 0.15) is 17.7 Å². The Kier molecular flexibility index (Phi) is 4.39. The van der Waals surface area contributed by atoms with Gasteiger partial charge in [0, 0.05) is 18.8 Å². The van der Waals surface area contributed by atoms with Gasteiger partial charge in [-0.15, -0.1) is 0 Å². The third-order valence-corrected chi connectivity index (χ3v) is 3.88. The summed E-state index contributed by atoms with van der Waals surface area (Å²) in [7, 11) is 0. The van der Waals surface area contributed by atoms with Crippen molar-refractivity contribution in [1.82, 2.24) is 4.98 Å². The van der Waals surface area contributed by atoms with Crippen LogP contribution < -0.4 is 10.1 Å². The smallest absolute Gasteiger partial charge is 0.129 e. The summed E-state index contributed by atoms with van der Waals surface area (Å²) in [5.41, 5.74) is 2.76. The Morgan fingerprint density at radius 3 is 3.10 bits per heavy atom. The molecule has 2 aromatic rings. The molecule has 0 radical (unpaired) electrons. The van der Waals surface area contributed by atoms with Crippen molar-refractivity contribution < 1.29 is 4.74 Å². The topological polar surface area (TPSA) is 34.1 Å². The summed E-state index contributed by atoms with van der Waals surface area (Å²) in [6, 6.07) is 12.5. The number of hydrogen-bond acceptors (Lipinski definition) is 3. The van der Waals surface area contributed by atoms with Crippen LogP contribution in [0.25, 0.3) is 0 Å². The van der Waals surface area contributed by atoms with Crippen molar-refractivity contribution >= 4 is 5.82 Å². The predicted molar refractivity (Wildman–Crippen MR) is 85.8 cm³/mol. The molecule has 1 aromatic heterocycles. The first-order valence-corrected chi connectivity index (χ1v) is 7.81. The summed E-state index contributed by atoms with van der Waals surface area (Å²) >= 11 is 0. The van der Waals surface area contributed by atoms with Crippen molar-refractivity contribution in [3.63, 3.8) is 0 Å². The van der Waals surface area contributed by atoms with Gasteiger partial charge in [-0.2, -0.15) is 0 Å². The van der Waals surface area contributed by atoms with Crippen molar-refractivity contribution in [1.29, 1.82) is 0 Å². The fourth-order valence-electron chi connectivity index (χ4n) is 2.83. The van der Waals surface area contributed by atoms with E-state index in [1.54, 1.807) is 0 Å². The van der Waals surface area contributed by atoms with E-state index in [1.807, 2.05) is 18.3 Å². The van der Waals surface area contributed by atoms with Gasteiger partial charge in [-0.1, -0.05) is 31.2 Å². The highest BCUT2D eigenvalue weighted by molar-refractivity contribution is 5.41. The molecule has 0 fully saturated rings. The molecule has 1 heterocycles. The molecule has 0 saturated heterocycles. The number of benzene rings is 1. The van der Waals surface area contributed by atoms with Gasteiger partial charge < -0.3 is 10.1 Å². The van der Waals surface area contributed by atoms with Crippen LogP contribution in [0.1, 0.15) is 43.4 Å². The summed E-state index contributed by atoms with van der Waals surface area (Å²) in [6.45, 7) is 3.08. The second-order valence-corrected chi connectivity index (χ2v) is 5.50. The van der Waals surface area contributed by atoms with Crippen molar-refractivity contribution in [2.45, 2.75) is 38.7 Å². The van der Waals surface area contributed by atoms with E-state index in [-0.39, 0.29) is 6.10 Å². The Hall–Kier alpha value is -2.03. The third kappa shape index (κ3) is 3.35. The maximum absolute atomic E-state index is 6.22. The van der Waals surface area contributed by atoms with Crippen LogP contribution >= 0.6 is 0 Å². The molecule has 1 unspecified atom stereocenters. The number of aryl methyl sites for hydroxylation is 1. The van der Waals surface area contributed by atoms with Gasteiger partial charge in [-0.3, -0.25) is 0 Å². The summed E-state index contributed by atoms with van der Waals surface area (Å²) in [6.07, 6.45) is 6.49. The largest absolute Gasteiger partial charge is 0.486 e. The number of nitrogens with one attached hydrogen (secondary N) is 1. The normalized spacial score (nSPS) is 17.1. The molecule has 1 aliphatic carbocycles. The first-order chi connectivity index (χ1) is 10.4. The molecule has 1 atom stereocenters. The maximum Gasteiger partial charge on any atom is 0.129 e. The molecule has 21 heavy (non-hydrogen) atoms. The minimum atomic E-state index is 0.163. The number of fused-ring (bicyclic) bond motifs is 1. The number of rotatable bonds is 5. The summed E-state index contributed by atoms with van der Waals surface area (Å²) in [4.78, 5) is 4.32. The second kappa shape index (κ2) is 6.61. The highest BCUT2D eigenvalue weighted by Crippen LogP contribution is 2.33. The van der Waals surface area contributed by atoms with Crippen LogP contribution in [-0.4, -0.2) is 11.5 Å². The standard InChI is InChI=1S/C18H22N2O/c1-2-11-19-18-13-15(10-12-20-18)21-17-9-5-7-14-6-3-4-8-16(14)17/h3-4,6,8,10,12-13,17H,2,5,7,9,11H2,1H3,(H,19,20). The molecule has 1 N–H and O–H groups in total. The first-order valence-electron chi connectivity index (χ1n) is 7.81. The van der Waals surface area contributed by atoms with Crippen LogP contribution in [0.5, 0.6) is 5.75 Å². The molecule has 0 saturated carbocycles. The third-order valence-electron chi connectivity index (χ3n) is 3.88. The van der Waals surface area contributed by atoms with Gasteiger partial charge in [0.05, 0.1) is 0 Å². The molecule has 110 valence electrons. The minimum absolute atomic E-state index is 0.163. The number of hydrogen-bond donors (Lipinski definition) is 1. The quantitative estimate of drug-likeness (QED) is 0.884. The molecule has 1 aromatic carbocycles. The van der Waals surface area contributed by atoms with E-state index in [4.69, 9.17) is 4.74 Å². The lowest BCUT2D eigenvalue weighted by Gasteiger charge is -2.26. The maximum atomic E-state index is 6.22. The minimum Gasteiger partial charge on any atom is -0.486 e. The van der Waals surface area contributed by atoms with E-state index in [0.717, 1.165) is 37.4 Å². The Labute approximate surface area is 126 Å². The van der Waals surface area contributed by atoms with E-state index < -0.39 is 0 Å². The lowest BCUT2D eigenvalue weighted by Crippen LogP contribution is -2.15. The first kappa shape index (κ1) is 13.9. The van der Waals surface area contributed by atoms with Gasteiger partial charge in [-0.05, 0) is 42.9 Å². The van der Waals surface area contributed by atoms with Crippen LogP contribution in [0.3, 0.4) is 0 Å². The van der Waals surface area contributed by atoms with Gasteiger partial charge in [0.2, 0.25) is 0 Å². The van der Waals surface area contributed by atoms with Crippen LogP contribution in [0, 0.1) is 0 Å². The van der Waals surface area contributed by atoms with Gasteiger partial charge in [-0.25, -0.2) is 4.98 Å². The second-order valence-electron chi connectivity index (χ2n) is 5.50. The number of anilines is 1. The Morgan fingerprint density at radius 1 is 1.29 bits per heavy atom. The van der Waals surface area contributed by atoms with Crippen molar-refractivity contribution in [3.8, 4) is 5.75 Å². The van der Waals surface area contributed by atoms with Crippen LogP contribution in [-0.2, 0) is 6.42 Å². The fourth-order valence-corrected chi connectivity index (χ4v) is 2.83. The molecule has 0 bridgehead atoms. The zero-order chi connectivity index (χ0) is 14.5. The van der Waals surface area contributed by atoms with E-state index >= 15 is 0 Å². The van der Waals surface area contributed by atoms with E-state index in [2.05, 4.69) is 41.5 Å². The summed E-state index contributed by atoms with van der Waals surface area (Å²) < 4.78 is 6.22. The average Bonchev–Trinajstić information content (AvgIpc) is 2.54. The molecular weight excluding hydrogens is 260 g/mol. The molecule has 3 heteroatoms. The van der Waals surface area contributed by atoms with Crippen molar-refractivity contribution in [2.75, 3.05) is 11.9 Å². The molecule has 3 nitrogen and oxygen atoms in total. The van der Waals surface area contributed by atoms with E-state index in [9.17, 15) is 0 Å². The van der Waals surface area contributed by atoms with E-state index in [1.165, 1.54) is 17.5 Å². The number of pyridine rings is 1. The summed E-state index contributed by atoms with van der Waals surface area (Å²) in [5.74, 6) is 1.78. The van der Waals surface area contributed by atoms with Gasteiger partial charge >= 0.3 is 0 Å². The molecule has 0 spiro atoms. The molecular formula is C18H22N2O. The van der Waals surface area contributed by atoms with Crippen LogP contribution in [0.15, 0.2) is 42.6 Å². The highest BCUT2D eigenvalue weighted by Gasteiger charge is 2.21. The Bertz CT molecular complexity index is 597. The Morgan fingerprint density at radius 2 is 2.19 bits per heavy atom. The van der Waals surface area contributed by atoms with E-state index in [0.29, 0.717) is 0 Å². The summed E-state index contributed by atoms with van der Waals surface area (Å²) in [5, 5.41) is 3.30. The lowest BCUT2D eigenvalue weighted by molar-refractivity contribution is 0.183. The SMILES string of the molecule is CCCNc1cc(OC2CCCc3ccccc32)ccn1.